The van der Waals surface area contributed by atoms with Gasteiger partial charge in [0.15, 0.2) is 0 Å². The summed E-state index contributed by atoms with van der Waals surface area (Å²) in [6.45, 7) is 13.5. The number of nitrogens with zero attached hydrogens (tertiary/aromatic N) is 4. The molecule has 0 aromatic carbocycles. The molecule has 2 saturated carbocycles. The fourth-order valence-electron chi connectivity index (χ4n) is 10.7. The molecule has 4 amide bonds. The van der Waals surface area contributed by atoms with Gasteiger partial charge in [0.05, 0.1) is 19.8 Å². The molecule has 78 heavy (non-hydrogen) atoms. The van der Waals surface area contributed by atoms with E-state index in [0.29, 0.717) is 63.9 Å². The van der Waals surface area contributed by atoms with Crippen molar-refractivity contribution in [3.05, 3.63) is 0 Å². The molecule has 4 aliphatic heterocycles. The van der Waals surface area contributed by atoms with E-state index >= 15 is 0 Å². The maximum atomic E-state index is 12.4. The molecule has 4 saturated heterocycles. The van der Waals surface area contributed by atoms with Crippen LogP contribution >= 0.6 is 126 Å². The van der Waals surface area contributed by atoms with E-state index in [9.17, 15) is 24.0 Å². The molecule has 0 spiro atoms. The van der Waals surface area contributed by atoms with Crippen molar-refractivity contribution < 1.29 is 75.1 Å². The summed E-state index contributed by atoms with van der Waals surface area (Å²) in [5.74, 6) is 1.68. The van der Waals surface area contributed by atoms with Crippen LogP contribution in [0.4, 0.5) is 24.0 Å². The van der Waals surface area contributed by atoms with E-state index in [-0.39, 0.29) is 103 Å². The first kappa shape index (κ1) is 80.5. The summed E-state index contributed by atoms with van der Waals surface area (Å²) in [4.78, 5) is 66.2. The van der Waals surface area contributed by atoms with Crippen LogP contribution in [0.5, 0.6) is 0 Å². The Morgan fingerprint density at radius 3 is 1.24 bits per heavy atom. The number of carbonyl (C=O) groups excluding carboxylic acids is 5. The molecule has 6 fully saturated rings. The average molecular weight is 2040 g/mol. The van der Waals surface area contributed by atoms with Crippen LogP contribution in [0.1, 0.15) is 152 Å². The van der Waals surface area contributed by atoms with Gasteiger partial charge in [-0.2, -0.15) is 0 Å². The molecular weight excluding hydrogens is 1940 g/mol. The molecule has 9 atom stereocenters. The third-order valence-corrected chi connectivity index (χ3v) is 262. The Balaban J connectivity index is 0.00000101. The van der Waals surface area contributed by atoms with Gasteiger partial charge in [-0.25, -0.2) is 24.0 Å². The molecular formula is C51H95ClI8N5O13-. The maximum absolute atomic E-state index is 12.4. The number of hydrogen-bond donors (Lipinski definition) is 1. The van der Waals surface area contributed by atoms with Crippen LogP contribution in [-0.4, -0.2) is 185 Å². The van der Waals surface area contributed by atoms with Crippen molar-refractivity contribution in [3.63, 3.8) is 0 Å². The van der Waals surface area contributed by atoms with Crippen LogP contribution < -0.4 is 18.6 Å². The zero-order valence-corrected chi connectivity index (χ0v) is 65.5. The molecule has 0 aromatic heterocycles. The van der Waals surface area contributed by atoms with Gasteiger partial charge in [0.25, 0.3) is 0 Å². The van der Waals surface area contributed by atoms with Gasteiger partial charge in [0, 0.05) is 89.3 Å². The average Bonchev–Trinajstić information content (AvgIpc) is 3.34. The summed E-state index contributed by atoms with van der Waals surface area (Å²) in [5.41, 5.74) is -1.69. The summed E-state index contributed by atoms with van der Waals surface area (Å²) >= 11 is 16.2. The van der Waals surface area contributed by atoms with Crippen LogP contribution in [0.15, 0.2) is 0 Å². The predicted molar refractivity (Wildman–Crippen MR) is 370 cm³/mol. The fraction of sp³-hybridized carbons (Fsp3) is 0.902. The molecule has 4 heterocycles. The van der Waals surface area contributed by atoms with E-state index in [1.54, 1.807) is 26.2 Å². The number of halogens is 9. The number of piperidine rings is 4. The first-order valence-corrected chi connectivity index (χ1v) is 64.3. The normalized spacial score (nSPS) is 25.1. The number of methoxy groups -OCH3 is 3. The molecule has 18 nitrogen and oxygen atoms in total. The van der Waals surface area contributed by atoms with Crippen LogP contribution in [0.2, 0.25) is 0 Å². The second-order valence-corrected chi connectivity index (χ2v) is 136. The molecule has 27 heteroatoms. The van der Waals surface area contributed by atoms with Gasteiger partial charge in [0.2, 0.25) is 0 Å². The van der Waals surface area contributed by atoms with Crippen molar-refractivity contribution in [2.24, 2.45) is 11.8 Å². The Bertz CT molecular complexity index is 1680. The first-order chi connectivity index (χ1) is 35.8. The van der Waals surface area contributed by atoms with Gasteiger partial charge in [-0.3, -0.25) is 0 Å². The third kappa shape index (κ3) is 32.0. The second-order valence-electron chi connectivity index (χ2n) is 21.8. The van der Waals surface area contributed by atoms with Crippen molar-refractivity contribution in [2.45, 2.75) is 205 Å². The van der Waals surface area contributed by atoms with E-state index in [2.05, 4.69) is 89.3 Å². The Labute approximate surface area is 546 Å². The van der Waals surface area contributed by atoms with E-state index in [0.717, 1.165) is 69.6 Å². The number of rotatable bonds is 14. The van der Waals surface area contributed by atoms with Crippen LogP contribution in [0.25, 0.3) is 0 Å². The third-order valence-electron chi connectivity index (χ3n) is 14.0. The Morgan fingerprint density at radius 1 is 0.590 bits per heavy atom. The van der Waals surface area contributed by atoms with Crippen molar-refractivity contribution in [1.82, 2.24) is 24.9 Å². The zero-order valence-electron chi connectivity index (χ0n) is 47.3. The molecule has 466 valence electrons. The summed E-state index contributed by atoms with van der Waals surface area (Å²) in [6.07, 6.45) is 17.1. The number of fused-ring (bicyclic) bond motifs is 6. The molecule has 6 bridgehead atoms. The summed E-state index contributed by atoms with van der Waals surface area (Å²) < 4.78 is 40.2. The van der Waals surface area contributed by atoms with Crippen molar-refractivity contribution in [1.29, 1.82) is 0 Å². The molecule has 2 aliphatic carbocycles. The molecule has 6 aliphatic rings. The van der Waals surface area contributed by atoms with E-state index < -0.39 is 16.6 Å². The Hall–Kier alpha value is 2.52. The molecule has 6 rings (SSSR count). The van der Waals surface area contributed by atoms with Gasteiger partial charge >= 0.3 is 133 Å². The van der Waals surface area contributed by atoms with Crippen LogP contribution in [-0.2, 0) is 37.9 Å². The SMILES string of the molecule is C.CN(C(=O)OC(C)(C)C)C1C[C@H]2CCC[C@@H](C1)C2.CNC1C[C@H]2CCC[C@@H](C1)N2C(=O)OCCOC.COCCOC(=O)Cl.COCCOC(=O)N1[C@@H]2CCC[C@H]1CC(N(C)C(=O)OC(C)(C)C)C2.I.I[I-]I(I)I(I)I. The monoisotopic (exact) mass is 2040 g/mol. The number of nitrogens with one attached hydrogen (secondary N) is 1. The predicted octanol–water partition coefficient (Wildman–Crippen LogP) is 12.8. The first-order valence-electron chi connectivity index (χ1n) is 26.2. The number of amides is 4. The quantitative estimate of drug-likeness (QED) is 0.0750. The van der Waals surface area contributed by atoms with Gasteiger partial charge < -0.3 is 62.8 Å². The molecule has 1 N–H and O–H groups in total. The molecule has 0 aromatic rings. The minimum absolute atomic E-state index is 0. The van der Waals surface area contributed by atoms with Crippen molar-refractivity contribution >= 4 is 156 Å². The molecule has 3 unspecified atom stereocenters. The number of ether oxygens (including phenoxy) is 8. The topological polar surface area (TPSA) is 184 Å². The van der Waals surface area contributed by atoms with Gasteiger partial charge in [0.1, 0.15) is 31.0 Å². The van der Waals surface area contributed by atoms with Crippen LogP contribution in [0, 0.1) is 11.8 Å². The standard InChI is InChI=1S/C18H32N2O5.C15H27NO2.C13H24N2O3.C4H7ClO3.CH4.I7.HI/c1-18(2,3)25-16(21)19(4)15-11-13-7-6-8-14(12-15)20(13)17(22)24-10-9-23-5;1-15(2,3)18-14(17)16(4)13-9-11-6-5-7-12(8-11)10-13;1-14-10-8-11-4-3-5-12(9-10)15(11)13(16)18-7-6-17-2;1-7-2-3-8-4(5)6;;1-5-7(4)6(2)3;/h13-15H,6-12H2,1-5H3;11-13H,5-10H2,1-4H3;10-12,14H,3-9H2,1-2H3;2-3H2,1H3;1H4;;1H/q;;;;;-1;/t13-,14+,15?;11-,12+,13?;10?,11-,12+;;;;. The summed E-state index contributed by atoms with van der Waals surface area (Å²) in [7, 11) is 9.92. The van der Waals surface area contributed by atoms with E-state index in [1.807, 2.05) is 70.3 Å². The van der Waals surface area contributed by atoms with E-state index in [1.165, 1.54) is 52.1 Å². The van der Waals surface area contributed by atoms with Crippen LogP contribution in [0.3, 0.4) is 0 Å². The minimum atomic E-state index is -0.790. The molecule has 0 radical (unpaired) electrons. The number of carbonyl (C=O) groups is 5. The van der Waals surface area contributed by atoms with Gasteiger partial charge in [-0.05, 0) is 144 Å². The second kappa shape index (κ2) is 43.2. The zero-order chi connectivity index (χ0) is 57.2. The van der Waals surface area contributed by atoms with Crippen molar-refractivity contribution in [3.8, 4) is 0 Å². The Morgan fingerprint density at radius 2 is 0.936 bits per heavy atom. The Kier molecular flexibility index (Phi) is 44.6. The van der Waals surface area contributed by atoms with Gasteiger partial charge in [-0.15, -0.1) is 24.0 Å². The summed E-state index contributed by atoms with van der Waals surface area (Å²) in [6, 6.07) is 1.98. The number of hydrogen-bond acceptors (Lipinski definition) is 14. The fourth-order valence-corrected chi connectivity index (χ4v) is 220. The van der Waals surface area contributed by atoms with Gasteiger partial charge in [-0.1, -0.05) is 26.7 Å². The van der Waals surface area contributed by atoms with Crippen molar-refractivity contribution in [2.75, 3.05) is 82.1 Å². The summed E-state index contributed by atoms with van der Waals surface area (Å²) in [5, 5.41) is 3.35. The van der Waals surface area contributed by atoms with E-state index in [4.69, 9.17) is 40.0 Å².